The summed E-state index contributed by atoms with van der Waals surface area (Å²) >= 11 is 0. The van der Waals surface area contributed by atoms with Gasteiger partial charge in [-0.05, 0) is 18.4 Å². The predicted molar refractivity (Wildman–Crippen MR) is 76.2 cm³/mol. The van der Waals surface area contributed by atoms with Gasteiger partial charge in [-0.2, -0.15) is 0 Å². The van der Waals surface area contributed by atoms with Crippen LogP contribution in [0.5, 0.6) is 0 Å². The van der Waals surface area contributed by atoms with Crippen molar-refractivity contribution in [3.05, 3.63) is 35.9 Å². The van der Waals surface area contributed by atoms with Crippen LogP contribution >= 0.6 is 0 Å². The second kappa shape index (κ2) is 6.55. The minimum atomic E-state index is -2.42. The highest BCUT2D eigenvalue weighted by molar-refractivity contribution is 5.94. The summed E-state index contributed by atoms with van der Waals surface area (Å²) in [6.45, 7) is -0.512. The number of carbonyl (C=O) groups is 2. The predicted octanol–water partition coefficient (Wildman–Crippen LogP) is 3.01. The van der Waals surface area contributed by atoms with E-state index in [1.54, 1.807) is 0 Å². The standard InChI is InChI=1S/C16H21NO3/c1-3-7-12(2)15(18)17-14(11-20-16(17)19)10-13-8-5-4-6-9-13/h4-6,8-9,12,14H,3,7,10-11H2,1-2H3/t12-,14-/m1/s1/i2D3. The first-order chi connectivity index (χ1) is 10.8. The molecule has 1 saturated heterocycles. The highest BCUT2D eigenvalue weighted by Crippen LogP contribution is 2.21. The number of nitrogens with zero attached hydrogens (tertiary/aromatic N) is 1. The van der Waals surface area contributed by atoms with Gasteiger partial charge < -0.3 is 4.74 Å². The van der Waals surface area contributed by atoms with Crippen molar-refractivity contribution in [2.45, 2.75) is 39.1 Å². The van der Waals surface area contributed by atoms with Gasteiger partial charge in [-0.25, -0.2) is 9.69 Å². The lowest BCUT2D eigenvalue weighted by molar-refractivity contribution is -0.133. The first-order valence-corrected chi connectivity index (χ1v) is 6.88. The van der Waals surface area contributed by atoms with E-state index in [2.05, 4.69) is 0 Å². The normalized spacial score (nSPS) is 22.6. The quantitative estimate of drug-likeness (QED) is 0.831. The van der Waals surface area contributed by atoms with E-state index >= 15 is 0 Å². The number of ether oxygens (including phenoxy) is 1. The van der Waals surface area contributed by atoms with Crippen molar-refractivity contribution in [3.63, 3.8) is 0 Å². The lowest BCUT2D eigenvalue weighted by Crippen LogP contribution is -2.42. The third-order valence-corrected chi connectivity index (χ3v) is 3.39. The molecular formula is C16H21NO3. The summed E-state index contributed by atoms with van der Waals surface area (Å²) in [5.74, 6) is -1.83. The third-order valence-electron chi connectivity index (χ3n) is 3.39. The Balaban J connectivity index is 2.19. The number of hydrogen-bond donors (Lipinski definition) is 0. The van der Waals surface area contributed by atoms with Gasteiger partial charge in [-0.1, -0.05) is 50.5 Å². The van der Waals surface area contributed by atoms with Gasteiger partial charge in [0.05, 0.1) is 6.04 Å². The van der Waals surface area contributed by atoms with Gasteiger partial charge in [0.25, 0.3) is 0 Å². The summed E-state index contributed by atoms with van der Waals surface area (Å²) in [6, 6.07) is 8.98. The zero-order valence-electron chi connectivity index (χ0n) is 14.5. The molecule has 0 N–H and O–H groups in total. The smallest absolute Gasteiger partial charge is 0.416 e. The maximum Gasteiger partial charge on any atom is 0.416 e. The monoisotopic (exact) mass is 278 g/mol. The first-order valence-electron chi connectivity index (χ1n) is 8.38. The number of imide groups is 1. The Morgan fingerprint density at radius 3 is 2.90 bits per heavy atom. The fourth-order valence-corrected chi connectivity index (χ4v) is 2.35. The number of amides is 2. The van der Waals surface area contributed by atoms with Crippen molar-refractivity contribution < 1.29 is 18.4 Å². The summed E-state index contributed by atoms with van der Waals surface area (Å²) in [4.78, 5) is 25.6. The van der Waals surface area contributed by atoms with Crippen molar-refractivity contribution in [2.75, 3.05) is 6.61 Å². The van der Waals surface area contributed by atoms with E-state index in [0.29, 0.717) is 12.8 Å². The van der Waals surface area contributed by atoms with E-state index < -0.39 is 30.8 Å². The molecule has 1 fully saturated rings. The zero-order valence-corrected chi connectivity index (χ0v) is 11.5. The highest BCUT2D eigenvalue weighted by Gasteiger charge is 2.39. The summed E-state index contributed by atoms with van der Waals surface area (Å²) in [5, 5.41) is 0. The molecule has 1 aromatic rings. The van der Waals surface area contributed by atoms with Gasteiger partial charge >= 0.3 is 6.09 Å². The molecule has 1 aliphatic rings. The number of cyclic esters (lactones) is 1. The molecule has 4 heteroatoms. The van der Waals surface area contributed by atoms with Crippen LogP contribution in [-0.4, -0.2) is 29.5 Å². The molecule has 1 aliphatic heterocycles. The minimum absolute atomic E-state index is 0.0965. The molecule has 0 spiro atoms. The Morgan fingerprint density at radius 2 is 2.25 bits per heavy atom. The summed E-state index contributed by atoms with van der Waals surface area (Å²) < 4.78 is 27.7. The number of benzene rings is 1. The molecule has 2 amide bonds. The van der Waals surface area contributed by atoms with Crippen LogP contribution in [0, 0.1) is 5.92 Å². The fraction of sp³-hybridized carbons (Fsp3) is 0.500. The van der Waals surface area contributed by atoms with Crippen LogP contribution in [0.15, 0.2) is 30.3 Å². The van der Waals surface area contributed by atoms with Crippen molar-refractivity contribution in [3.8, 4) is 0 Å². The van der Waals surface area contributed by atoms with E-state index in [-0.39, 0.29) is 13.0 Å². The molecule has 0 aliphatic carbocycles. The maximum atomic E-state index is 12.7. The molecule has 20 heavy (non-hydrogen) atoms. The molecule has 0 radical (unpaired) electrons. The molecule has 0 aromatic heterocycles. The summed E-state index contributed by atoms with van der Waals surface area (Å²) in [7, 11) is 0. The maximum absolute atomic E-state index is 12.7. The molecule has 0 unspecified atom stereocenters. The van der Waals surface area contributed by atoms with E-state index in [4.69, 9.17) is 8.85 Å². The number of hydrogen-bond acceptors (Lipinski definition) is 3. The SMILES string of the molecule is [2H]C([2H])([2H])[C@H](CCC)C(=O)N1C(=O)OC[C@H]1Cc1ccccc1. The average Bonchev–Trinajstić information content (AvgIpc) is 2.85. The van der Waals surface area contributed by atoms with E-state index in [9.17, 15) is 9.59 Å². The molecule has 2 rings (SSSR count). The third kappa shape index (κ3) is 3.18. The largest absolute Gasteiger partial charge is 0.447 e. The van der Waals surface area contributed by atoms with Gasteiger partial charge in [-0.3, -0.25) is 4.79 Å². The van der Waals surface area contributed by atoms with Crippen molar-refractivity contribution in [1.82, 2.24) is 4.90 Å². The Labute approximate surface area is 123 Å². The van der Waals surface area contributed by atoms with Gasteiger partial charge in [0, 0.05) is 10.0 Å². The molecule has 2 atom stereocenters. The number of carbonyl (C=O) groups excluding carboxylic acids is 2. The van der Waals surface area contributed by atoms with E-state index in [1.165, 1.54) is 0 Å². The molecule has 0 bridgehead atoms. The molecular weight excluding hydrogens is 254 g/mol. The molecule has 0 saturated carbocycles. The van der Waals surface area contributed by atoms with E-state index in [0.717, 1.165) is 10.5 Å². The van der Waals surface area contributed by atoms with Crippen LogP contribution in [-0.2, 0) is 16.0 Å². The summed E-state index contributed by atoms with van der Waals surface area (Å²) in [5.41, 5.74) is 0.967. The van der Waals surface area contributed by atoms with Gasteiger partial charge in [0.2, 0.25) is 5.91 Å². The van der Waals surface area contributed by atoms with Crippen LogP contribution in [0.4, 0.5) is 4.79 Å². The lowest BCUT2D eigenvalue weighted by Gasteiger charge is -2.22. The fourth-order valence-electron chi connectivity index (χ4n) is 2.35. The topological polar surface area (TPSA) is 46.6 Å². The van der Waals surface area contributed by atoms with Crippen LogP contribution in [0.3, 0.4) is 0 Å². The summed E-state index contributed by atoms with van der Waals surface area (Å²) in [6.07, 6.45) is 0.484. The molecule has 1 heterocycles. The first kappa shape index (κ1) is 10.9. The van der Waals surface area contributed by atoms with Crippen molar-refractivity contribution >= 4 is 12.0 Å². The minimum Gasteiger partial charge on any atom is -0.447 e. The van der Waals surface area contributed by atoms with Crippen LogP contribution in [0.2, 0.25) is 0 Å². The van der Waals surface area contributed by atoms with E-state index in [1.807, 2.05) is 37.3 Å². The van der Waals surface area contributed by atoms with Crippen molar-refractivity contribution in [2.24, 2.45) is 5.92 Å². The van der Waals surface area contributed by atoms with Gasteiger partial charge in [0.1, 0.15) is 6.61 Å². The Kier molecular flexibility index (Phi) is 3.57. The molecule has 108 valence electrons. The lowest BCUT2D eigenvalue weighted by atomic mass is 10.0. The Hall–Kier alpha value is -1.84. The molecule has 1 aromatic carbocycles. The second-order valence-corrected chi connectivity index (χ2v) is 4.97. The molecule has 4 nitrogen and oxygen atoms in total. The van der Waals surface area contributed by atoms with Crippen LogP contribution < -0.4 is 0 Å². The zero-order chi connectivity index (χ0) is 17.0. The van der Waals surface area contributed by atoms with Gasteiger partial charge in [0.15, 0.2) is 0 Å². The van der Waals surface area contributed by atoms with Crippen LogP contribution in [0.1, 0.15) is 36.3 Å². The average molecular weight is 278 g/mol. The number of rotatable bonds is 5. The van der Waals surface area contributed by atoms with Gasteiger partial charge in [-0.15, -0.1) is 0 Å². The Bertz CT molecular complexity index is 559. The highest BCUT2D eigenvalue weighted by atomic mass is 16.6. The van der Waals surface area contributed by atoms with Crippen LogP contribution in [0.25, 0.3) is 0 Å². The van der Waals surface area contributed by atoms with Crippen molar-refractivity contribution in [1.29, 1.82) is 0 Å². The second-order valence-electron chi connectivity index (χ2n) is 4.97. The Morgan fingerprint density at radius 1 is 1.50 bits per heavy atom.